The molecule has 0 saturated carbocycles. The standard InChI is InChI=1S/C13H14FN3O/c1-3-13-16-10(7-12(15)17-13)8-4-5-11(18-2)9(14)6-8/h4-7H,3H2,1-2H3,(H2,15,16,17). The summed E-state index contributed by atoms with van der Waals surface area (Å²) in [6, 6.07) is 6.30. The number of aryl methyl sites for hydroxylation is 1. The number of aromatic nitrogens is 2. The lowest BCUT2D eigenvalue weighted by Gasteiger charge is -2.07. The van der Waals surface area contributed by atoms with E-state index in [9.17, 15) is 4.39 Å². The summed E-state index contributed by atoms with van der Waals surface area (Å²) in [5.41, 5.74) is 6.96. The molecule has 5 heteroatoms. The molecular weight excluding hydrogens is 233 g/mol. The van der Waals surface area contributed by atoms with Crippen molar-refractivity contribution in [1.29, 1.82) is 0 Å². The lowest BCUT2D eigenvalue weighted by molar-refractivity contribution is 0.386. The van der Waals surface area contributed by atoms with Crippen molar-refractivity contribution in [2.45, 2.75) is 13.3 Å². The van der Waals surface area contributed by atoms with Crippen molar-refractivity contribution in [2.75, 3.05) is 12.8 Å². The molecule has 0 fully saturated rings. The molecule has 0 unspecified atom stereocenters. The zero-order valence-electron chi connectivity index (χ0n) is 10.3. The fourth-order valence-electron chi connectivity index (χ4n) is 1.65. The first-order valence-electron chi connectivity index (χ1n) is 5.61. The molecule has 0 saturated heterocycles. The first kappa shape index (κ1) is 12.3. The van der Waals surface area contributed by atoms with E-state index in [0.29, 0.717) is 29.3 Å². The molecule has 0 aliphatic rings. The van der Waals surface area contributed by atoms with Gasteiger partial charge in [-0.25, -0.2) is 14.4 Å². The number of hydrogen-bond acceptors (Lipinski definition) is 4. The Morgan fingerprint density at radius 1 is 1.28 bits per heavy atom. The van der Waals surface area contributed by atoms with Crippen LogP contribution in [0.4, 0.5) is 10.2 Å². The van der Waals surface area contributed by atoms with Crippen molar-refractivity contribution in [3.63, 3.8) is 0 Å². The van der Waals surface area contributed by atoms with Gasteiger partial charge in [-0.3, -0.25) is 0 Å². The number of anilines is 1. The van der Waals surface area contributed by atoms with E-state index in [1.54, 1.807) is 18.2 Å². The smallest absolute Gasteiger partial charge is 0.165 e. The van der Waals surface area contributed by atoms with Gasteiger partial charge in [-0.15, -0.1) is 0 Å². The Hall–Kier alpha value is -2.17. The average molecular weight is 247 g/mol. The third kappa shape index (κ3) is 2.40. The van der Waals surface area contributed by atoms with Gasteiger partial charge in [0.15, 0.2) is 11.6 Å². The Labute approximate surface area is 105 Å². The van der Waals surface area contributed by atoms with Crippen LogP contribution in [0.5, 0.6) is 5.75 Å². The van der Waals surface area contributed by atoms with E-state index in [1.807, 2.05) is 6.92 Å². The minimum Gasteiger partial charge on any atom is -0.494 e. The van der Waals surface area contributed by atoms with Crippen molar-refractivity contribution in [2.24, 2.45) is 0 Å². The molecule has 0 aliphatic heterocycles. The number of methoxy groups -OCH3 is 1. The fourth-order valence-corrected chi connectivity index (χ4v) is 1.65. The second-order valence-corrected chi connectivity index (χ2v) is 3.80. The van der Waals surface area contributed by atoms with Gasteiger partial charge >= 0.3 is 0 Å². The van der Waals surface area contributed by atoms with Gasteiger partial charge in [-0.2, -0.15) is 0 Å². The van der Waals surface area contributed by atoms with Crippen molar-refractivity contribution >= 4 is 5.82 Å². The molecule has 0 spiro atoms. The fraction of sp³-hybridized carbons (Fsp3) is 0.231. The van der Waals surface area contributed by atoms with Crippen LogP contribution in [0.2, 0.25) is 0 Å². The summed E-state index contributed by atoms with van der Waals surface area (Å²) in [7, 11) is 1.43. The van der Waals surface area contributed by atoms with E-state index in [1.165, 1.54) is 13.2 Å². The molecular formula is C13H14FN3O. The number of benzene rings is 1. The van der Waals surface area contributed by atoms with Gasteiger partial charge in [0.05, 0.1) is 12.8 Å². The second kappa shape index (κ2) is 5.00. The molecule has 2 N–H and O–H groups in total. The highest BCUT2D eigenvalue weighted by molar-refractivity contribution is 5.63. The zero-order valence-corrected chi connectivity index (χ0v) is 10.3. The van der Waals surface area contributed by atoms with E-state index in [0.717, 1.165) is 0 Å². The van der Waals surface area contributed by atoms with Crippen LogP contribution in [0.3, 0.4) is 0 Å². The molecule has 0 atom stereocenters. The Kier molecular flexibility index (Phi) is 3.41. The summed E-state index contributed by atoms with van der Waals surface area (Å²) in [5, 5.41) is 0. The highest BCUT2D eigenvalue weighted by Crippen LogP contribution is 2.25. The van der Waals surface area contributed by atoms with Crippen LogP contribution in [0, 0.1) is 5.82 Å². The first-order chi connectivity index (χ1) is 8.63. The summed E-state index contributed by atoms with van der Waals surface area (Å²) < 4.78 is 18.5. The lowest BCUT2D eigenvalue weighted by atomic mass is 10.1. The molecule has 4 nitrogen and oxygen atoms in total. The number of nitrogens with two attached hydrogens (primary N) is 1. The largest absolute Gasteiger partial charge is 0.494 e. The molecule has 0 aliphatic carbocycles. The van der Waals surface area contributed by atoms with Gasteiger partial charge in [0.2, 0.25) is 0 Å². The quantitative estimate of drug-likeness (QED) is 0.904. The lowest BCUT2D eigenvalue weighted by Crippen LogP contribution is -2.00. The van der Waals surface area contributed by atoms with Crippen molar-refractivity contribution in [3.05, 3.63) is 35.9 Å². The van der Waals surface area contributed by atoms with E-state index in [4.69, 9.17) is 10.5 Å². The third-order valence-corrected chi connectivity index (χ3v) is 2.56. The average Bonchev–Trinajstić information content (AvgIpc) is 2.37. The molecule has 2 rings (SSSR count). The summed E-state index contributed by atoms with van der Waals surface area (Å²) in [6.45, 7) is 1.94. The van der Waals surface area contributed by atoms with Crippen LogP contribution < -0.4 is 10.5 Å². The summed E-state index contributed by atoms with van der Waals surface area (Å²) in [4.78, 5) is 8.40. The number of nitrogen functional groups attached to an aromatic ring is 1. The van der Waals surface area contributed by atoms with E-state index < -0.39 is 5.82 Å². The second-order valence-electron chi connectivity index (χ2n) is 3.80. The monoisotopic (exact) mass is 247 g/mol. The topological polar surface area (TPSA) is 61.0 Å². The maximum absolute atomic E-state index is 13.6. The zero-order chi connectivity index (χ0) is 13.1. The van der Waals surface area contributed by atoms with Gasteiger partial charge < -0.3 is 10.5 Å². The van der Waals surface area contributed by atoms with Crippen LogP contribution >= 0.6 is 0 Å². The normalized spacial score (nSPS) is 10.4. The van der Waals surface area contributed by atoms with E-state index in [-0.39, 0.29) is 5.75 Å². The van der Waals surface area contributed by atoms with Crippen LogP contribution in [0.15, 0.2) is 24.3 Å². The maximum atomic E-state index is 13.6. The van der Waals surface area contributed by atoms with Crippen LogP contribution in [0.25, 0.3) is 11.3 Å². The minimum atomic E-state index is -0.426. The Bertz CT molecular complexity index is 572. The van der Waals surface area contributed by atoms with E-state index >= 15 is 0 Å². The predicted octanol–water partition coefficient (Wildman–Crippen LogP) is 2.44. The van der Waals surface area contributed by atoms with Crippen LogP contribution in [-0.2, 0) is 6.42 Å². The molecule has 1 aromatic heterocycles. The van der Waals surface area contributed by atoms with Gasteiger partial charge in [0.1, 0.15) is 11.6 Å². The third-order valence-electron chi connectivity index (χ3n) is 2.56. The van der Waals surface area contributed by atoms with Gasteiger partial charge in [-0.05, 0) is 18.2 Å². The van der Waals surface area contributed by atoms with Crippen LogP contribution in [-0.4, -0.2) is 17.1 Å². The van der Waals surface area contributed by atoms with E-state index in [2.05, 4.69) is 9.97 Å². The predicted molar refractivity (Wildman–Crippen MR) is 67.8 cm³/mol. The molecule has 0 radical (unpaired) electrons. The first-order valence-corrected chi connectivity index (χ1v) is 5.61. The molecule has 0 bridgehead atoms. The molecule has 2 aromatic rings. The molecule has 1 aromatic carbocycles. The van der Waals surface area contributed by atoms with Crippen molar-refractivity contribution in [1.82, 2.24) is 9.97 Å². The minimum absolute atomic E-state index is 0.205. The van der Waals surface area contributed by atoms with Crippen molar-refractivity contribution < 1.29 is 9.13 Å². The molecule has 94 valence electrons. The van der Waals surface area contributed by atoms with Gasteiger partial charge in [0, 0.05) is 18.1 Å². The van der Waals surface area contributed by atoms with Crippen molar-refractivity contribution in [3.8, 4) is 17.0 Å². The molecule has 0 amide bonds. The molecule has 1 heterocycles. The number of ether oxygens (including phenoxy) is 1. The number of nitrogens with zero attached hydrogens (tertiary/aromatic N) is 2. The Morgan fingerprint density at radius 3 is 2.67 bits per heavy atom. The Morgan fingerprint density at radius 2 is 2.06 bits per heavy atom. The maximum Gasteiger partial charge on any atom is 0.165 e. The summed E-state index contributed by atoms with van der Waals surface area (Å²) in [6.07, 6.45) is 0.677. The number of rotatable bonds is 3. The van der Waals surface area contributed by atoms with Gasteiger partial charge in [-0.1, -0.05) is 6.92 Å². The summed E-state index contributed by atoms with van der Waals surface area (Å²) in [5.74, 6) is 0.802. The SMILES string of the molecule is CCc1nc(N)cc(-c2ccc(OC)c(F)c2)n1. The van der Waals surface area contributed by atoms with Crippen LogP contribution in [0.1, 0.15) is 12.7 Å². The van der Waals surface area contributed by atoms with Gasteiger partial charge in [0.25, 0.3) is 0 Å². The number of halogens is 1. The Balaban J connectivity index is 2.48. The number of hydrogen-bond donors (Lipinski definition) is 1. The highest BCUT2D eigenvalue weighted by atomic mass is 19.1. The highest BCUT2D eigenvalue weighted by Gasteiger charge is 2.08. The summed E-state index contributed by atoms with van der Waals surface area (Å²) >= 11 is 0. The molecule has 18 heavy (non-hydrogen) atoms.